The number of aromatic nitrogens is 2. The quantitative estimate of drug-likeness (QED) is 0.720. The Kier molecular flexibility index (Phi) is 2.20. The van der Waals surface area contributed by atoms with E-state index >= 15 is 0 Å². The van der Waals surface area contributed by atoms with Crippen LogP contribution in [0.15, 0.2) is 24.5 Å². The highest BCUT2D eigenvalue weighted by molar-refractivity contribution is 6.18. The van der Waals surface area contributed by atoms with Gasteiger partial charge in [0.1, 0.15) is 5.65 Å². The van der Waals surface area contributed by atoms with Gasteiger partial charge in [0.05, 0.1) is 12.0 Å². The van der Waals surface area contributed by atoms with Crippen LogP contribution in [0.1, 0.15) is 11.7 Å². The van der Waals surface area contributed by atoms with Crippen LogP contribution in [-0.2, 0) is 0 Å². The molecule has 0 bridgehead atoms. The van der Waals surface area contributed by atoms with E-state index in [9.17, 15) is 5.11 Å². The van der Waals surface area contributed by atoms with Crippen molar-refractivity contribution in [1.29, 1.82) is 0 Å². The van der Waals surface area contributed by atoms with Crippen molar-refractivity contribution in [3.05, 3.63) is 30.1 Å². The van der Waals surface area contributed by atoms with Crippen molar-refractivity contribution in [2.75, 3.05) is 5.88 Å². The molecule has 0 amide bonds. The summed E-state index contributed by atoms with van der Waals surface area (Å²) in [5.74, 6) is 0.196. The van der Waals surface area contributed by atoms with E-state index in [1.165, 1.54) is 0 Å². The van der Waals surface area contributed by atoms with Gasteiger partial charge < -0.3 is 10.1 Å². The number of nitrogens with one attached hydrogen (secondary N) is 1. The molecule has 0 aromatic carbocycles. The fourth-order valence-corrected chi connectivity index (χ4v) is 1.50. The van der Waals surface area contributed by atoms with Crippen molar-refractivity contribution in [3.8, 4) is 0 Å². The summed E-state index contributed by atoms with van der Waals surface area (Å²) in [6, 6.07) is 3.74. The molecule has 2 N–H and O–H groups in total. The molecule has 1 atom stereocenters. The second-order valence-corrected chi connectivity index (χ2v) is 3.12. The normalized spacial score (nSPS) is 13.4. The third-order valence-electron chi connectivity index (χ3n) is 1.99. The van der Waals surface area contributed by atoms with Gasteiger partial charge in [-0.1, -0.05) is 0 Å². The monoisotopic (exact) mass is 196 g/mol. The summed E-state index contributed by atoms with van der Waals surface area (Å²) in [5, 5.41) is 10.5. The highest BCUT2D eigenvalue weighted by atomic mass is 35.5. The predicted octanol–water partition coefficient (Wildman–Crippen LogP) is 1.84. The van der Waals surface area contributed by atoms with Crippen LogP contribution < -0.4 is 0 Å². The number of nitrogens with zero attached hydrogens (tertiary/aromatic N) is 1. The highest BCUT2D eigenvalue weighted by Gasteiger charge is 2.11. The van der Waals surface area contributed by atoms with Crippen LogP contribution in [0.4, 0.5) is 0 Å². The van der Waals surface area contributed by atoms with Gasteiger partial charge in [0.15, 0.2) is 0 Å². The largest absolute Gasteiger partial charge is 0.387 e. The van der Waals surface area contributed by atoms with Crippen LogP contribution in [0.5, 0.6) is 0 Å². The molecule has 2 rings (SSSR count). The fourth-order valence-electron chi connectivity index (χ4n) is 1.34. The van der Waals surface area contributed by atoms with Gasteiger partial charge in [0.25, 0.3) is 0 Å². The maximum Gasteiger partial charge on any atom is 0.137 e. The summed E-state index contributed by atoms with van der Waals surface area (Å²) in [4.78, 5) is 7.08. The van der Waals surface area contributed by atoms with Crippen molar-refractivity contribution in [2.45, 2.75) is 6.10 Å². The molecule has 2 aromatic heterocycles. The molecule has 68 valence electrons. The van der Waals surface area contributed by atoms with Gasteiger partial charge in [-0.25, -0.2) is 4.98 Å². The molecule has 0 saturated carbocycles. The second kappa shape index (κ2) is 3.36. The number of aliphatic hydroxyl groups is 1. The number of halogens is 1. The Morgan fingerprint density at radius 1 is 1.62 bits per heavy atom. The summed E-state index contributed by atoms with van der Waals surface area (Å²) in [7, 11) is 0. The number of aliphatic hydroxyl groups excluding tert-OH is 1. The molecule has 1 unspecified atom stereocenters. The number of rotatable bonds is 2. The Hall–Kier alpha value is -1.06. The molecule has 0 fully saturated rings. The zero-order valence-corrected chi connectivity index (χ0v) is 7.62. The number of fused-ring (bicyclic) bond motifs is 1. The van der Waals surface area contributed by atoms with Crippen LogP contribution in [0.2, 0.25) is 0 Å². The second-order valence-electron chi connectivity index (χ2n) is 2.81. The smallest absolute Gasteiger partial charge is 0.137 e. The lowest BCUT2D eigenvalue weighted by Gasteiger charge is -2.03. The van der Waals surface area contributed by atoms with E-state index in [0.717, 1.165) is 16.6 Å². The number of H-pyrrole nitrogens is 1. The Bertz CT molecular complexity index is 413. The van der Waals surface area contributed by atoms with E-state index in [1.807, 2.05) is 12.1 Å². The molecule has 0 radical (unpaired) electrons. The topological polar surface area (TPSA) is 48.9 Å². The maximum atomic E-state index is 9.54. The van der Waals surface area contributed by atoms with E-state index in [4.69, 9.17) is 11.6 Å². The van der Waals surface area contributed by atoms with Crippen LogP contribution in [0, 0.1) is 0 Å². The predicted molar refractivity (Wildman–Crippen MR) is 51.8 cm³/mol. The van der Waals surface area contributed by atoms with Crippen LogP contribution in [0.3, 0.4) is 0 Å². The summed E-state index contributed by atoms with van der Waals surface area (Å²) in [6.07, 6.45) is 2.82. The van der Waals surface area contributed by atoms with Gasteiger partial charge in [0, 0.05) is 23.3 Å². The summed E-state index contributed by atoms with van der Waals surface area (Å²) in [5.41, 5.74) is 1.58. The lowest BCUT2D eigenvalue weighted by molar-refractivity contribution is 0.204. The molecule has 0 spiro atoms. The van der Waals surface area contributed by atoms with Crippen LogP contribution in [-0.4, -0.2) is 21.0 Å². The Labute approximate surface area is 80.4 Å². The molecular weight excluding hydrogens is 188 g/mol. The summed E-state index contributed by atoms with van der Waals surface area (Å²) >= 11 is 5.56. The van der Waals surface area contributed by atoms with Crippen molar-refractivity contribution in [1.82, 2.24) is 9.97 Å². The first-order chi connectivity index (χ1) is 6.33. The number of pyridine rings is 1. The molecule has 0 saturated heterocycles. The van der Waals surface area contributed by atoms with Gasteiger partial charge in [-0.2, -0.15) is 0 Å². The van der Waals surface area contributed by atoms with Crippen molar-refractivity contribution >= 4 is 22.6 Å². The van der Waals surface area contributed by atoms with E-state index in [0.29, 0.717) is 0 Å². The Morgan fingerprint density at radius 2 is 2.46 bits per heavy atom. The zero-order valence-electron chi connectivity index (χ0n) is 6.87. The molecule has 0 aliphatic rings. The van der Waals surface area contributed by atoms with Gasteiger partial charge >= 0.3 is 0 Å². The summed E-state index contributed by atoms with van der Waals surface area (Å²) in [6.45, 7) is 0. The van der Waals surface area contributed by atoms with Gasteiger partial charge in [-0.05, 0) is 12.1 Å². The molecule has 2 heterocycles. The fraction of sp³-hybridized carbons (Fsp3) is 0.222. The molecule has 0 aliphatic carbocycles. The van der Waals surface area contributed by atoms with Crippen molar-refractivity contribution in [2.24, 2.45) is 0 Å². The van der Waals surface area contributed by atoms with E-state index in [1.54, 1.807) is 12.4 Å². The SMILES string of the molecule is OC(CCl)c1c[nH]c2ncccc12. The van der Waals surface area contributed by atoms with E-state index in [2.05, 4.69) is 9.97 Å². The lowest BCUT2D eigenvalue weighted by atomic mass is 10.1. The Balaban J connectivity index is 2.57. The van der Waals surface area contributed by atoms with Crippen molar-refractivity contribution in [3.63, 3.8) is 0 Å². The number of hydrogen-bond acceptors (Lipinski definition) is 2. The third-order valence-corrected chi connectivity index (χ3v) is 2.28. The molecule has 0 aliphatic heterocycles. The van der Waals surface area contributed by atoms with E-state index in [-0.39, 0.29) is 5.88 Å². The average Bonchev–Trinajstić information content (AvgIpc) is 2.60. The van der Waals surface area contributed by atoms with Gasteiger partial charge in [-0.15, -0.1) is 11.6 Å². The van der Waals surface area contributed by atoms with Crippen molar-refractivity contribution < 1.29 is 5.11 Å². The first kappa shape index (κ1) is 8.53. The van der Waals surface area contributed by atoms with Gasteiger partial charge in [-0.3, -0.25) is 0 Å². The van der Waals surface area contributed by atoms with Crippen LogP contribution >= 0.6 is 11.6 Å². The number of hydrogen-bond donors (Lipinski definition) is 2. The minimum absolute atomic E-state index is 0.196. The zero-order chi connectivity index (χ0) is 9.26. The summed E-state index contributed by atoms with van der Waals surface area (Å²) < 4.78 is 0. The molecule has 4 heteroatoms. The standard InChI is InChI=1S/C9H9ClN2O/c10-4-8(13)7-5-12-9-6(7)2-1-3-11-9/h1-3,5,8,13H,4H2,(H,11,12). The Morgan fingerprint density at radius 3 is 3.23 bits per heavy atom. The first-order valence-corrected chi connectivity index (χ1v) is 4.52. The van der Waals surface area contributed by atoms with Gasteiger partial charge in [0.2, 0.25) is 0 Å². The maximum absolute atomic E-state index is 9.54. The lowest BCUT2D eigenvalue weighted by Crippen LogP contribution is -1.96. The first-order valence-electron chi connectivity index (χ1n) is 3.99. The third kappa shape index (κ3) is 1.41. The highest BCUT2D eigenvalue weighted by Crippen LogP contribution is 2.22. The van der Waals surface area contributed by atoms with Crippen LogP contribution in [0.25, 0.3) is 11.0 Å². The minimum Gasteiger partial charge on any atom is -0.387 e. The molecule has 13 heavy (non-hydrogen) atoms. The number of aromatic amines is 1. The molecule has 3 nitrogen and oxygen atoms in total. The molecular formula is C9H9ClN2O. The number of alkyl halides is 1. The van der Waals surface area contributed by atoms with E-state index < -0.39 is 6.10 Å². The average molecular weight is 197 g/mol. The molecule has 2 aromatic rings. The minimum atomic E-state index is -0.625.